The molecule has 0 bridgehead atoms. The van der Waals surface area contributed by atoms with Gasteiger partial charge in [-0.25, -0.2) is 0 Å². The lowest BCUT2D eigenvalue weighted by Crippen LogP contribution is -2.55. The van der Waals surface area contributed by atoms with E-state index in [4.69, 9.17) is 17.2 Å². The molecule has 6 nitrogen and oxygen atoms in total. The second kappa shape index (κ2) is 6.65. The van der Waals surface area contributed by atoms with E-state index < -0.39 is 11.1 Å². The van der Waals surface area contributed by atoms with Crippen LogP contribution in [0.25, 0.3) is 0 Å². The Morgan fingerprint density at radius 2 is 1.52 bits per heavy atom. The van der Waals surface area contributed by atoms with E-state index in [1.165, 1.54) is 0 Å². The molecule has 136 valence electrons. The molecule has 0 radical (unpaired) electrons. The first-order chi connectivity index (χ1) is 10.3. The summed E-state index contributed by atoms with van der Waals surface area (Å²) < 4.78 is 0. The van der Waals surface area contributed by atoms with Crippen LogP contribution in [0.1, 0.15) is 73.1 Å². The van der Waals surface area contributed by atoms with Gasteiger partial charge in [0.1, 0.15) is 0 Å². The highest BCUT2D eigenvalue weighted by Gasteiger charge is 2.52. The normalized spacial score (nSPS) is 46.3. The van der Waals surface area contributed by atoms with E-state index in [-0.39, 0.29) is 21.8 Å². The van der Waals surface area contributed by atoms with Gasteiger partial charge in [0.25, 0.3) is 0 Å². The van der Waals surface area contributed by atoms with Crippen LogP contribution in [-0.2, 0) is 0 Å². The van der Waals surface area contributed by atoms with Gasteiger partial charge in [0.2, 0.25) is 5.54 Å². The van der Waals surface area contributed by atoms with Gasteiger partial charge in [0.15, 0.2) is 0 Å². The van der Waals surface area contributed by atoms with Crippen LogP contribution in [-0.4, -0.2) is 28.1 Å². The molecule has 5 unspecified atom stereocenters. The second-order valence-electron chi connectivity index (χ2n) is 9.01. The van der Waals surface area contributed by atoms with Gasteiger partial charge in [-0.05, 0) is 57.9 Å². The Kier molecular flexibility index (Phi) is 5.88. The molecule has 6 N–H and O–H groups in total. The fraction of sp³-hybridized carbons (Fsp3) is 1.00. The zero-order valence-electron chi connectivity index (χ0n) is 15.5. The monoisotopic (exact) mass is 328 g/mol. The van der Waals surface area contributed by atoms with Gasteiger partial charge >= 0.3 is 0 Å². The molecule has 1 rings (SSSR count). The third kappa shape index (κ3) is 4.64. The van der Waals surface area contributed by atoms with Crippen molar-refractivity contribution in [2.24, 2.45) is 28.5 Å². The largest absolute Gasteiger partial charge is 0.330 e. The Hall–Kier alpha value is -0.720. The van der Waals surface area contributed by atoms with Crippen LogP contribution in [0.5, 0.6) is 0 Å². The fourth-order valence-corrected chi connectivity index (χ4v) is 4.31. The van der Waals surface area contributed by atoms with Crippen LogP contribution in [0.3, 0.4) is 0 Å². The second-order valence-corrected chi connectivity index (χ2v) is 9.01. The molecule has 1 aliphatic carbocycles. The van der Waals surface area contributed by atoms with Gasteiger partial charge in [-0.2, -0.15) is 0 Å². The third-order valence-electron chi connectivity index (χ3n) is 6.39. The van der Waals surface area contributed by atoms with Crippen LogP contribution >= 0.6 is 0 Å². The minimum absolute atomic E-state index is 0.0988. The number of nitrogens with zero attached hydrogens (tertiary/aromatic N) is 1. The molecular formula is C17H36N4O2. The molecule has 0 heterocycles. The van der Waals surface area contributed by atoms with E-state index >= 15 is 0 Å². The van der Waals surface area contributed by atoms with Crippen molar-refractivity contribution in [3.8, 4) is 0 Å². The highest BCUT2D eigenvalue weighted by Crippen LogP contribution is 2.47. The standard InChI is InChI=1S/C17H36N4O2/c1-13-14(2,10-11-18)6-7-15(3,19)12-16(4,20)8-9-17(13,5)21(22)23/h13H,6-12,18-20H2,1-5H3. The molecule has 6 heteroatoms. The predicted molar refractivity (Wildman–Crippen MR) is 94.6 cm³/mol. The summed E-state index contributed by atoms with van der Waals surface area (Å²) in [6.45, 7) is 10.4. The van der Waals surface area contributed by atoms with Crippen LogP contribution in [0.15, 0.2) is 0 Å². The third-order valence-corrected chi connectivity index (χ3v) is 6.39. The van der Waals surface area contributed by atoms with Crippen molar-refractivity contribution in [1.29, 1.82) is 0 Å². The van der Waals surface area contributed by atoms with Gasteiger partial charge in [0.05, 0.1) is 0 Å². The summed E-state index contributed by atoms with van der Waals surface area (Å²) in [5, 5.41) is 11.9. The Morgan fingerprint density at radius 3 is 1.96 bits per heavy atom. The lowest BCUT2D eigenvalue weighted by atomic mass is 9.60. The fourth-order valence-electron chi connectivity index (χ4n) is 4.31. The van der Waals surface area contributed by atoms with Crippen molar-refractivity contribution in [1.82, 2.24) is 0 Å². The predicted octanol–water partition coefficient (Wildman–Crippen LogP) is 2.41. The van der Waals surface area contributed by atoms with Crippen LogP contribution in [0.4, 0.5) is 0 Å². The molecule has 1 saturated carbocycles. The van der Waals surface area contributed by atoms with Crippen molar-refractivity contribution in [2.75, 3.05) is 6.54 Å². The molecule has 23 heavy (non-hydrogen) atoms. The van der Waals surface area contributed by atoms with Crippen molar-refractivity contribution >= 4 is 0 Å². The highest BCUT2D eigenvalue weighted by molar-refractivity contribution is 5.00. The van der Waals surface area contributed by atoms with Gasteiger partial charge in [-0.3, -0.25) is 10.1 Å². The molecule has 0 spiro atoms. The summed E-state index contributed by atoms with van der Waals surface area (Å²) in [4.78, 5) is 11.8. The molecule has 0 aromatic rings. The summed E-state index contributed by atoms with van der Waals surface area (Å²) in [5.74, 6) is -0.0988. The Morgan fingerprint density at radius 1 is 1.04 bits per heavy atom. The van der Waals surface area contributed by atoms with E-state index in [0.717, 1.165) is 19.3 Å². The number of nitrogens with two attached hydrogens (primary N) is 3. The molecular weight excluding hydrogens is 292 g/mol. The molecule has 0 amide bonds. The Labute approximate surface area is 140 Å². The molecule has 0 aromatic carbocycles. The zero-order valence-corrected chi connectivity index (χ0v) is 15.5. The SMILES string of the molecule is CC1C(C)(CCN)CCC(C)(N)CC(C)(N)CCC1(C)[N+](=O)[O-]. The average Bonchev–Trinajstić information content (AvgIpc) is 2.40. The van der Waals surface area contributed by atoms with E-state index in [1.54, 1.807) is 6.92 Å². The summed E-state index contributed by atoms with van der Waals surface area (Å²) in [5.41, 5.74) is 16.7. The molecule has 1 fully saturated rings. The van der Waals surface area contributed by atoms with Crippen LogP contribution in [0, 0.1) is 21.4 Å². The maximum atomic E-state index is 11.9. The van der Waals surface area contributed by atoms with Crippen molar-refractivity contribution in [3.63, 3.8) is 0 Å². The summed E-state index contributed by atoms with van der Waals surface area (Å²) in [6, 6.07) is 0. The maximum absolute atomic E-state index is 11.9. The summed E-state index contributed by atoms with van der Waals surface area (Å²) in [6.07, 6.45) is 4.13. The van der Waals surface area contributed by atoms with Crippen molar-refractivity contribution in [2.45, 2.75) is 89.8 Å². The lowest BCUT2D eigenvalue weighted by molar-refractivity contribution is -0.581. The topological polar surface area (TPSA) is 121 Å². The number of hydrogen-bond acceptors (Lipinski definition) is 5. The first kappa shape index (κ1) is 20.3. The van der Waals surface area contributed by atoms with Crippen molar-refractivity contribution < 1.29 is 4.92 Å². The number of nitro groups is 1. The molecule has 0 aromatic heterocycles. The molecule has 0 aliphatic heterocycles. The molecule has 5 atom stereocenters. The van der Waals surface area contributed by atoms with Crippen LogP contribution in [0.2, 0.25) is 0 Å². The van der Waals surface area contributed by atoms with Gasteiger partial charge in [0, 0.05) is 35.3 Å². The minimum atomic E-state index is -0.993. The van der Waals surface area contributed by atoms with E-state index in [9.17, 15) is 10.1 Å². The first-order valence-corrected chi connectivity index (χ1v) is 8.70. The summed E-state index contributed by atoms with van der Waals surface area (Å²) in [7, 11) is 0. The van der Waals surface area contributed by atoms with E-state index in [2.05, 4.69) is 6.92 Å². The van der Waals surface area contributed by atoms with E-state index in [1.807, 2.05) is 20.8 Å². The molecule has 0 saturated heterocycles. The Balaban J connectivity index is 3.27. The van der Waals surface area contributed by atoms with E-state index in [0.29, 0.717) is 25.8 Å². The summed E-state index contributed by atoms with van der Waals surface area (Å²) >= 11 is 0. The quantitative estimate of drug-likeness (QED) is 0.542. The molecule has 1 aliphatic rings. The van der Waals surface area contributed by atoms with Crippen LogP contribution < -0.4 is 17.2 Å². The minimum Gasteiger partial charge on any atom is -0.330 e. The first-order valence-electron chi connectivity index (χ1n) is 8.70. The van der Waals surface area contributed by atoms with Gasteiger partial charge in [-0.1, -0.05) is 13.8 Å². The van der Waals surface area contributed by atoms with Crippen molar-refractivity contribution in [3.05, 3.63) is 10.1 Å². The average molecular weight is 329 g/mol. The number of hydrogen-bond donors (Lipinski definition) is 3. The Bertz CT molecular complexity index is 438. The smallest absolute Gasteiger partial charge is 0.222 e. The highest BCUT2D eigenvalue weighted by atomic mass is 16.6. The maximum Gasteiger partial charge on any atom is 0.222 e. The number of rotatable bonds is 3. The lowest BCUT2D eigenvalue weighted by Gasteiger charge is -2.46. The van der Waals surface area contributed by atoms with Gasteiger partial charge < -0.3 is 17.2 Å². The zero-order chi connectivity index (χ0) is 18.1. The van der Waals surface area contributed by atoms with Gasteiger partial charge in [-0.15, -0.1) is 0 Å².